The molecule has 2 fully saturated rings. The molecule has 2 aromatic heterocycles. The molecule has 4 rings (SSSR count). The molecule has 25 heavy (non-hydrogen) atoms. The van der Waals surface area contributed by atoms with Crippen LogP contribution >= 0.6 is 11.3 Å². The number of hydrogen-bond donors (Lipinski definition) is 2. The van der Waals surface area contributed by atoms with Crippen LogP contribution in [0.3, 0.4) is 0 Å². The first-order chi connectivity index (χ1) is 12.2. The molecule has 2 aromatic rings. The van der Waals surface area contributed by atoms with Crippen molar-refractivity contribution < 1.29 is 14.0 Å². The molecule has 0 aromatic carbocycles. The zero-order chi connectivity index (χ0) is 17.2. The van der Waals surface area contributed by atoms with Crippen molar-refractivity contribution in [1.82, 2.24) is 15.2 Å². The van der Waals surface area contributed by atoms with Crippen LogP contribution in [0.1, 0.15) is 25.7 Å². The summed E-state index contributed by atoms with van der Waals surface area (Å²) in [5.41, 5.74) is 0.708. The van der Waals surface area contributed by atoms with Gasteiger partial charge in [-0.25, -0.2) is 9.78 Å². The fourth-order valence-corrected chi connectivity index (χ4v) is 3.65. The summed E-state index contributed by atoms with van der Waals surface area (Å²) in [4.78, 5) is 30.9. The van der Waals surface area contributed by atoms with E-state index in [2.05, 4.69) is 15.6 Å². The van der Waals surface area contributed by atoms with Crippen LogP contribution in [0.15, 0.2) is 28.2 Å². The van der Waals surface area contributed by atoms with E-state index in [4.69, 9.17) is 4.42 Å². The number of amides is 3. The highest BCUT2D eigenvalue weighted by Gasteiger charge is 2.31. The van der Waals surface area contributed by atoms with Crippen LogP contribution in [0, 0.1) is 5.92 Å². The molecular weight excluding hydrogens is 340 g/mol. The number of hydrogen-bond acceptors (Lipinski definition) is 5. The molecule has 1 saturated carbocycles. The predicted molar refractivity (Wildman–Crippen MR) is 94.3 cm³/mol. The number of nitrogens with one attached hydrogen (secondary N) is 2. The fourth-order valence-electron chi connectivity index (χ4n) is 2.95. The minimum Gasteiger partial charge on any atom is -0.463 e. The van der Waals surface area contributed by atoms with Gasteiger partial charge in [-0.1, -0.05) is 0 Å². The van der Waals surface area contributed by atoms with Crippen molar-refractivity contribution in [2.24, 2.45) is 5.92 Å². The number of aromatic nitrogens is 1. The van der Waals surface area contributed by atoms with E-state index < -0.39 is 0 Å². The molecule has 8 heteroatoms. The highest BCUT2D eigenvalue weighted by atomic mass is 32.1. The Kier molecular flexibility index (Phi) is 4.44. The summed E-state index contributed by atoms with van der Waals surface area (Å²) < 4.78 is 5.31. The molecule has 3 heterocycles. The second kappa shape index (κ2) is 6.87. The second-order valence-corrected chi connectivity index (χ2v) is 7.37. The molecule has 1 saturated heterocycles. The van der Waals surface area contributed by atoms with Crippen molar-refractivity contribution in [3.63, 3.8) is 0 Å². The number of urea groups is 1. The normalized spacial score (nSPS) is 20.3. The lowest BCUT2D eigenvalue weighted by Gasteiger charge is -2.31. The third-order valence-corrected chi connectivity index (χ3v) is 5.25. The van der Waals surface area contributed by atoms with Crippen molar-refractivity contribution in [3.8, 4) is 11.5 Å². The maximum absolute atomic E-state index is 12.5. The van der Waals surface area contributed by atoms with E-state index >= 15 is 0 Å². The highest BCUT2D eigenvalue weighted by Crippen LogP contribution is 2.26. The van der Waals surface area contributed by atoms with E-state index in [0.29, 0.717) is 35.7 Å². The van der Waals surface area contributed by atoms with Gasteiger partial charge in [0, 0.05) is 24.5 Å². The summed E-state index contributed by atoms with van der Waals surface area (Å²) in [6.07, 6.45) is 5.34. The molecule has 132 valence electrons. The lowest BCUT2D eigenvalue weighted by molar-refractivity contribution is -0.121. The summed E-state index contributed by atoms with van der Waals surface area (Å²) in [6, 6.07) is 3.92. The number of carbonyl (C=O) groups is 2. The van der Waals surface area contributed by atoms with Gasteiger partial charge in [-0.05, 0) is 37.8 Å². The van der Waals surface area contributed by atoms with E-state index in [0.717, 1.165) is 25.7 Å². The molecule has 0 bridgehead atoms. The Morgan fingerprint density at radius 1 is 1.32 bits per heavy atom. The predicted octanol–water partition coefficient (Wildman–Crippen LogP) is 2.93. The van der Waals surface area contributed by atoms with Crippen molar-refractivity contribution >= 4 is 28.4 Å². The molecule has 3 amide bonds. The van der Waals surface area contributed by atoms with E-state index in [1.54, 1.807) is 17.2 Å². The number of furan rings is 1. The number of piperidine rings is 1. The first kappa shape index (κ1) is 16.1. The first-order valence-corrected chi connectivity index (χ1v) is 9.43. The third kappa shape index (κ3) is 3.84. The molecule has 2 aliphatic rings. The third-order valence-electron chi connectivity index (χ3n) is 4.49. The van der Waals surface area contributed by atoms with Crippen LogP contribution in [0.25, 0.3) is 11.5 Å². The smallest absolute Gasteiger partial charge is 0.317 e. The summed E-state index contributed by atoms with van der Waals surface area (Å²) in [5, 5.41) is 8.26. The maximum Gasteiger partial charge on any atom is 0.317 e. The lowest BCUT2D eigenvalue weighted by atomic mass is 9.97. The van der Waals surface area contributed by atoms with Gasteiger partial charge >= 0.3 is 6.03 Å². The maximum atomic E-state index is 12.5. The molecule has 0 spiro atoms. The van der Waals surface area contributed by atoms with Gasteiger partial charge in [-0.15, -0.1) is 11.3 Å². The number of carbonyl (C=O) groups excluding carboxylic acids is 2. The fraction of sp³-hybridized carbons (Fsp3) is 0.471. The largest absolute Gasteiger partial charge is 0.463 e. The Hall–Kier alpha value is -2.35. The van der Waals surface area contributed by atoms with Gasteiger partial charge < -0.3 is 20.0 Å². The van der Waals surface area contributed by atoms with Gasteiger partial charge in [0.2, 0.25) is 5.91 Å². The Bertz CT molecular complexity index is 754. The van der Waals surface area contributed by atoms with Crippen LogP contribution in [0.4, 0.5) is 9.93 Å². The summed E-state index contributed by atoms with van der Waals surface area (Å²) in [7, 11) is 0. The van der Waals surface area contributed by atoms with E-state index in [-0.39, 0.29) is 17.9 Å². The van der Waals surface area contributed by atoms with Gasteiger partial charge in [-0.3, -0.25) is 4.79 Å². The molecule has 7 nitrogen and oxygen atoms in total. The minimum absolute atomic E-state index is 0.0469. The molecule has 1 atom stereocenters. The molecule has 1 aliphatic heterocycles. The molecule has 1 aliphatic carbocycles. The van der Waals surface area contributed by atoms with Crippen molar-refractivity contribution in [1.29, 1.82) is 0 Å². The molecule has 1 unspecified atom stereocenters. The molecule has 2 N–H and O–H groups in total. The van der Waals surface area contributed by atoms with Gasteiger partial charge in [0.15, 0.2) is 10.9 Å². The van der Waals surface area contributed by atoms with Gasteiger partial charge in [0.05, 0.1) is 12.2 Å². The van der Waals surface area contributed by atoms with E-state index in [1.165, 1.54) is 11.3 Å². The number of nitrogens with zero attached hydrogens (tertiary/aromatic N) is 2. The number of likely N-dealkylation sites (tertiary alicyclic amines) is 1. The summed E-state index contributed by atoms with van der Waals surface area (Å²) in [5.74, 6) is 0.399. The van der Waals surface area contributed by atoms with Crippen molar-refractivity contribution in [2.75, 3.05) is 18.4 Å². The van der Waals surface area contributed by atoms with Crippen LogP contribution < -0.4 is 10.6 Å². The van der Waals surface area contributed by atoms with Gasteiger partial charge in [0.1, 0.15) is 5.69 Å². The SMILES string of the molecule is O=C(Nc1nc(-c2ccco2)cs1)C1CCCN(C(=O)NC2CC2)C1. The summed E-state index contributed by atoms with van der Waals surface area (Å²) in [6.45, 7) is 1.17. The zero-order valence-electron chi connectivity index (χ0n) is 13.7. The monoisotopic (exact) mass is 360 g/mol. The van der Waals surface area contributed by atoms with Gasteiger partial charge in [-0.2, -0.15) is 0 Å². The second-order valence-electron chi connectivity index (χ2n) is 6.51. The van der Waals surface area contributed by atoms with Crippen molar-refractivity contribution in [2.45, 2.75) is 31.7 Å². The standard InChI is InChI=1S/C17H20N4O3S/c22-15(20-16-19-13(10-25-16)14-4-2-8-24-14)11-3-1-7-21(9-11)17(23)18-12-5-6-12/h2,4,8,10-12H,1,3,5-7,9H2,(H,18,23)(H,19,20,22). The van der Waals surface area contributed by atoms with Crippen LogP contribution in [-0.2, 0) is 4.79 Å². The van der Waals surface area contributed by atoms with E-state index in [1.807, 2.05) is 11.4 Å². The zero-order valence-corrected chi connectivity index (χ0v) is 14.6. The Morgan fingerprint density at radius 3 is 2.96 bits per heavy atom. The minimum atomic E-state index is -0.199. The Balaban J connectivity index is 1.34. The van der Waals surface area contributed by atoms with Gasteiger partial charge in [0.25, 0.3) is 0 Å². The van der Waals surface area contributed by atoms with Crippen LogP contribution in [0.2, 0.25) is 0 Å². The van der Waals surface area contributed by atoms with E-state index in [9.17, 15) is 9.59 Å². The van der Waals surface area contributed by atoms with Crippen LogP contribution in [-0.4, -0.2) is 41.0 Å². The Morgan fingerprint density at radius 2 is 2.20 bits per heavy atom. The van der Waals surface area contributed by atoms with Crippen LogP contribution in [0.5, 0.6) is 0 Å². The number of thiazole rings is 1. The highest BCUT2D eigenvalue weighted by molar-refractivity contribution is 7.14. The average Bonchev–Trinajstić information content (AvgIpc) is 3.10. The Labute approximate surface area is 149 Å². The number of anilines is 1. The lowest BCUT2D eigenvalue weighted by Crippen LogP contribution is -2.48. The summed E-state index contributed by atoms with van der Waals surface area (Å²) >= 11 is 1.37. The molecule has 0 radical (unpaired) electrons. The number of rotatable bonds is 4. The topological polar surface area (TPSA) is 87.5 Å². The quantitative estimate of drug-likeness (QED) is 0.877. The van der Waals surface area contributed by atoms with Crippen molar-refractivity contribution in [3.05, 3.63) is 23.8 Å². The first-order valence-electron chi connectivity index (χ1n) is 8.55. The molecular formula is C17H20N4O3S. The average molecular weight is 360 g/mol.